The second-order valence-corrected chi connectivity index (χ2v) is 7.28. The van der Waals surface area contributed by atoms with Crippen LogP contribution in [0.25, 0.3) is 10.8 Å². The third-order valence-corrected chi connectivity index (χ3v) is 5.05. The van der Waals surface area contributed by atoms with Gasteiger partial charge in [0.1, 0.15) is 12.4 Å². The van der Waals surface area contributed by atoms with Crippen LogP contribution < -0.4 is 15.4 Å². The maximum Gasteiger partial charge on any atom is 0.124 e. The standard InChI is InChI=1S/C22H24Cl2N2O2/c23-18-7-5-17(21(24)13-18)15-28-22-8-6-16-3-1-2-4-19(16)20(22)14-26-10-9-25-11-12-27/h1-8,13,25-27H,9-12,14-15H2. The van der Waals surface area contributed by atoms with Gasteiger partial charge in [-0.15, -0.1) is 0 Å². The Morgan fingerprint density at radius 3 is 2.54 bits per heavy atom. The summed E-state index contributed by atoms with van der Waals surface area (Å²) in [7, 11) is 0. The first-order valence-corrected chi connectivity index (χ1v) is 10.0. The van der Waals surface area contributed by atoms with Gasteiger partial charge in [-0.25, -0.2) is 0 Å². The molecule has 3 rings (SSSR count). The molecule has 0 radical (unpaired) electrons. The van der Waals surface area contributed by atoms with E-state index in [-0.39, 0.29) is 6.61 Å². The van der Waals surface area contributed by atoms with Gasteiger partial charge in [0.2, 0.25) is 0 Å². The largest absolute Gasteiger partial charge is 0.488 e. The van der Waals surface area contributed by atoms with Gasteiger partial charge < -0.3 is 20.5 Å². The highest BCUT2D eigenvalue weighted by molar-refractivity contribution is 6.35. The molecule has 0 saturated carbocycles. The lowest BCUT2D eigenvalue weighted by molar-refractivity contribution is 0.292. The van der Waals surface area contributed by atoms with Gasteiger partial charge >= 0.3 is 0 Å². The van der Waals surface area contributed by atoms with Crippen molar-refractivity contribution in [2.24, 2.45) is 0 Å². The van der Waals surface area contributed by atoms with Crippen molar-refractivity contribution in [1.82, 2.24) is 10.6 Å². The predicted molar refractivity (Wildman–Crippen MR) is 116 cm³/mol. The van der Waals surface area contributed by atoms with Crippen molar-refractivity contribution >= 4 is 34.0 Å². The second kappa shape index (κ2) is 10.6. The van der Waals surface area contributed by atoms with Crippen LogP contribution in [0.2, 0.25) is 10.0 Å². The van der Waals surface area contributed by atoms with E-state index in [4.69, 9.17) is 33.0 Å². The van der Waals surface area contributed by atoms with Crippen LogP contribution in [-0.4, -0.2) is 31.3 Å². The first-order chi connectivity index (χ1) is 13.7. The highest BCUT2D eigenvalue weighted by atomic mass is 35.5. The summed E-state index contributed by atoms with van der Waals surface area (Å²) < 4.78 is 6.13. The predicted octanol–water partition coefficient (Wildman–Crippen LogP) is 4.40. The number of hydrogen-bond acceptors (Lipinski definition) is 4. The molecular weight excluding hydrogens is 395 g/mol. The maximum atomic E-state index is 8.83. The van der Waals surface area contributed by atoms with Crippen LogP contribution in [0, 0.1) is 0 Å². The van der Waals surface area contributed by atoms with Crippen LogP contribution in [0.3, 0.4) is 0 Å². The second-order valence-electron chi connectivity index (χ2n) is 6.44. The van der Waals surface area contributed by atoms with Crippen LogP contribution in [0.4, 0.5) is 0 Å². The molecule has 6 heteroatoms. The molecule has 4 nitrogen and oxygen atoms in total. The van der Waals surface area contributed by atoms with Gasteiger partial charge in [0, 0.05) is 47.4 Å². The van der Waals surface area contributed by atoms with Crippen molar-refractivity contribution in [2.75, 3.05) is 26.2 Å². The zero-order valence-corrected chi connectivity index (χ0v) is 17.1. The normalized spacial score (nSPS) is 11.1. The Labute approximate surface area is 175 Å². The summed E-state index contributed by atoms with van der Waals surface area (Å²) in [4.78, 5) is 0. The molecule has 0 atom stereocenters. The van der Waals surface area contributed by atoms with Gasteiger partial charge in [-0.3, -0.25) is 0 Å². The lowest BCUT2D eigenvalue weighted by Gasteiger charge is -2.16. The molecule has 3 N–H and O–H groups in total. The highest BCUT2D eigenvalue weighted by Crippen LogP contribution is 2.30. The number of nitrogens with one attached hydrogen (secondary N) is 2. The van der Waals surface area contributed by atoms with Crippen molar-refractivity contribution in [3.8, 4) is 5.75 Å². The topological polar surface area (TPSA) is 53.5 Å². The van der Waals surface area contributed by atoms with Crippen molar-refractivity contribution in [2.45, 2.75) is 13.2 Å². The molecule has 0 aromatic heterocycles. The molecular formula is C22H24Cl2N2O2. The number of hydrogen-bond donors (Lipinski definition) is 3. The molecule has 3 aromatic rings. The SMILES string of the molecule is OCCNCCNCc1c(OCc2ccc(Cl)cc2Cl)ccc2ccccc12. The maximum absolute atomic E-state index is 8.83. The van der Waals surface area contributed by atoms with Crippen LogP contribution in [0.1, 0.15) is 11.1 Å². The lowest BCUT2D eigenvalue weighted by Crippen LogP contribution is -2.29. The Bertz CT molecular complexity index is 918. The van der Waals surface area contributed by atoms with Crippen molar-refractivity contribution < 1.29 is 9.84 Å². The van der Waals surface area contributed by atoms with E-state index in [1.807, 2.05) is 30.3 Å². The molecule has 148 valence electrons. The Balaban J connectivity index is 1.74. The van der Waals surface area contributed by atoms with E-state index >= 15 is 0 Å². The fourth-order valence-corrected chi connectivity index (χ4v) is 3.49. The number of benzene rings is 3. The number of halogens is 2. The molecule has 0 fully saturated rings. The number of rotatable bonds is 10. The summed E-state index contributed by atoms with van der Waals surface area (Å²) in [5.74, 6) is 0.834. The van der Waals surface area contributed by atoms with E-state index in [0.717, 1.165) is 35.4 Å². The zero-order valence-electron chi connectivity index (χ0n) is 15.6. The van der Waals surface area contributed by atoms with E-state index in [0.29, 0.717) is 29.7 Å². The molecule has 0 amide bonds. The van der Waals surface area contributed by atoms with E-state index in [2.05, 4.69) is 28.8 Å². The van der Waals surface area contributed by atoms with Crippen molar-refractivity contribution in [3.63, 3.8) is 0 Å². The summed E-state index contributed by atoms with van der Waals surface area (Å²) in [6.07, 6.45) is 0. The summed E-state index contributed by atoms with van der Waals surface area (Å²) in [5, 5.41) is 19.0. The highest BCUT2D eigenvalue weighted by Gasteiger charge is 2.10. The molecule has 0 heterocycles. The molecule has 0 aliphatic rings. The number of fused-ring (bicyclic) bond motifs is 1. The third-order valence-electron chi connectivity index (χ3n) is 4.46. The average molecular weight is 419 g/mol. The Hall–Kier alpha value is -1.82. The number of aliphatic hydroxyl groups excluding tert-OH is 1. The van der Waals surface area contributed by atoms with E-state index < -0.39 is 0 Å². The first-order valence-electron chi connectivity index (χ1n) is 9.28. The van der Waals surface area contributed by atoms with Crippen molar-refractivity contribution in [3.05, 3.63) is 75.8 Å². The first kappa shape index (κ1) is 20.9. The monoisotopic (exact) mass is 418 g/mol. The molecule has 3 aromatic carbocycles. The van der Waals surface area contributed by atoms with Crippen LogP contribution in [0.5, 0.6) is 5.75 Å². The molecule has 0 spiro atoms. The van der Waals surface area contributed by atoms with Crippen LogP contribution in [0.15, 0.2) is 54.6 Å². The van der Waals surface area contributed by atoms with E-state index in [1.54, 1.807) is 6.07 Å². The van der Waals surface area contributed by atoms with Gasteiger partial charge in [0.05, 0.1) is 6.61 Å². The fourth-order valence-electron chi connectivity index (χ4n) is 3.02. The third kappa shape index (κ3) is 5.60. The fraction of sp³-hybridized carbons (Fsp3) is 0.273. The summed E-state index contributed by atoms with van der Waals surface area (Å²) >= 11 is 12.2. The number of aliphatic hydroxyl groups is 1. The lowest BCUT2D eigenvalue weighted by atomic mass is 10.0. The quantitative estimate of drug-likeness (QED) is 0.427. The van der Waals surface area contributed by atoms with Gasteiger partial charge in [0.15, 0.2) is 0 Å². The van der Waals surface area contributed by atoms with Crippen molar-refractivity contribution in [1.29, 1.82) is 0 Å². The summed E-state index contributed by atoms with van der Waals surface area (Å²) in [6.45, 7) is 3.40. The van der Waals surface area contributed by atoms with Gasteiger partial charge in [-0.1, -0.05) is 59.6 Å². The van der Waals surface area contributed by atoms with Gasteiger partial charge in [0.25, 0.3) is 0 Å². The molecule has 0 aliphatic heterocycles. The molecule has 28 heavy (non-hydrogen) atoms. The minimum Gasteiger partial charge on any atom is -0.488 e. The van der Waals surface area contributed by atoms with E-state index in [1.165, 1.54) is 5.39 Å². The number of ether oxygens (including phenoxy) is 1. The Morgan fingerprint density at radius 1 is 0.893 bits per heavy atom. The zero-order chi connectivity index (χ0) is 19.8. The summed E-state index contributed by atoms with van der Waals surface area (Å²) in [5.41, 5.74) is 2.01. The minimum atomic E-state index is 0.147. The molecule has 0 unspecified atom stereocenters. The molecule has 0 saturated heterocycles. The van der Waals surface area contributed by atoms with Crippen LogP contribution >= 0.6 is 23.2 Å². The average Bonchev–Trinajstić information content (AvgIpc) is 2.70. The van der Waals surface area contributed by atoms with Crippen LogP contribution in [-0.2, 0) is 13.2 Å². The smallest absolute Gasteiger partial charge is 0.124 e. The molecule has 0 aliphatic carbocycles. The van der Waals surface area contributed by atoms with Gasteiger partial charge in [-0.05, 0) is 29.0 Å². The summed E-state index contributed by atoms with van der Waals surface area (Å²) in [6, 6.07) is 17.8. The Kier molecular flexibility index (Phi) is 7.95. The van der Waals surface area contributed by atoms with Gasteiger partial charge in [-0.2, -0.15) is 0 Å². The molecule has 0 bridgehead atoms. The Morgan fingerprint density at radius 2 is 1.71 bits per heavy atom. The minimum absolute atomic E-state index is 0.147. The van der Waals surface area contributed by atoms with E-state index in [9.17, 15) is 0 Å².